The van der Waals surface area contributed by atoms with Crippen molar-refractivity contribution in [2.24, 2.45) is 0 Å². The van der Waals surface area contributed by atoms with Gasteiger partial charge >= 0.3 is 141 Å². The van der Waals surface area contributed by atoms with Crippen molar-refractivity contribution in [3.8, 4) is 0 Å². The Bertz CT molecular complexity index is 196. The number of hydrogen-bond donors (Lipinski definition) is 1. The number of aliphatic hydroxyl groups excluding tert-OH is 1. The van der Waals surface area contributed by atoms with Gasteiger partial charge in [0.1, 0.15) is 0 Å². The molecule has 136 valence electrons. The van der Waals surface area contributed by atoms with E-state index in [2.05, 4.69) is 20.8 Å². The molecule has 0 heterocycles. The first-order valence-electron chi connectivity index (χ1n) is 10.4. The molecule has 1 nitrogen and oxygen atoms in total. The van der Waals surface area contributed by atoms with E-state index in [9.17, 15) is 0 Å². The van der Waals surface area contributed by atoms with Crippen LogP contribution in [-0.2, 0) is 0 Å². The Morgan fingerprint density at radius 1 is 0.500 bits per heavy atom. The van der Waals surface area contributed by atoms with Crippen LogP contribution in [0.4, 0.5) is 0 Å². The first-order valence-corrected chi connectivity index (χ1v) is 13.2. The molecule has 0 aliphatic carbocycles. The van der Waals surface area contributed by atoms with Gasteiger partial charge in [0.15, 0.2) is 0 Å². The minimum absolute atomic E-state index is 0.376. The predicted octanol–water partition coefficient (Wildman–Crippen LogP) is 6.47. The van der Waals surface area contributed by atoms with Crippen LogP contribution in [-0.4, -0.2) is 36.4 Å². The fourth-order valence-electron chi connectivity index (χ4n) is 3.72. The molecular weight excluding hydrogens is 287 g/mol. The Labute approximate surface area is 142 Å². The van der Waals surface area contributed by atoms with E-state index in [0.717, 1.165) is 6.42 Å². The van der Waals surface area contributed by atoms with Gasteiger partial charge in [0, 0.05) is 0 Å². The summed E-state index contributed by atoms with van der Waals surface area (Å²) in [6.07, 6.45) is 22.9. The zero-order valence-electron chi connectivity index (χ0n) is 16.0. The first-order chi connectivity index (χ1) is 10.7. The van der Waals surface area contributed by atoms with Crippen LogP contribution < -0.4 is 0 Å². The van der Waals surface area contributed by atoms with Gasteiger partial charge in [-0.3, -0.25) is 0 Å². The second kappa shape index (κ2) is 16.3. The fourth-order valence-corrected chi connectivity index (χ4v) is 9.53. The summed E-state index contributed by atoms with van der Waals surface area (Å²) >= 11 is 0. The molecule has 0 aromatic carbocycles. The molecule has 2 heteroatoms. The Morgan fingerprint density at radius 2 is 0.864 bits per heavy atom. The summed E-state index contributed by atoms with van der Waals surface area (Å²) in [4.78, 5) is 0. The quantitative estimate of drug-likeness (QED) is 0.239. The topological polar surface area (TPSA) is 20.2 Å². The van der Waals surface area contributed by atoms with Gasteiger partial charge in [-0.2, -0.15) is 0 Å². The molecule has 0 aliphatic rings. The summed E-state index contributed by atoms with van der Waals surface area (Å²) in [6.45, 7) is 7.46. The molecule has 0 radical (unpaired) electrons. The average Bonchev–Trinajstić information content (AvgIpc) is 2.55. The van der Waals surface area contributed by atoms with Crippen molar-refractivity contribution >= 4 is 7.26 Å². The van der Waals surface area contributed by atoms with E-state index >= 15 is 0 Å². The van der Waals surface area contributed by atoms with Crippen molar-refractivity contribution in [1.82, 2.24) is 0 Å². The van der Waals surface area contributed by atoms with E-state index in [1.807, 2.05) is 0 Å². The molecule has 1 N–H and O–H groups in total. The zero-order valence-corrected chi connectivity index (χ0v) is 17.0. The standard InChI is InChI=1S/C20H45OP/c1-4-7-17-22(18-8-5-2,19-9-6-3)20-15-13-11-10-12-14-16-21/h21-22H,4-20H2,1-3H3. The molecule has 0 rings (SSSR count). The van der Waals surface area contributed by atoms with Crippen molar-refractivity contribution in [2.45, 2.75) is 97.8 Å². The van der Waals surface area contributed by atoms with E-state index in [0.29, 0.717) is 6.61 Å². The van der Waals surface area contributed by atoms with Gasteiger partial charge in [-0.25, -0.2) is 0 Å². The van der Waals surface area contributed by atoms with Gasteiger partial charge < -0.3 is 0 Å². The second-order valence-electron chi connectivity index (χ2n) is 7.41. The molecule has 0 saturated carbocycles. The summed E-state index contributed by atoms with van der Waals surface area (Å²) in [5.74, 6) is 0. The average molecular weight is 333 g/mol. The third kappa shape index (κ3) is 11.9. The molecule has 0 saturated heterocycles. The molecule has 0 aromatic rings. The predicted molar refractivity (Wildman–Crippen MR) is 107 cm³/mol. The molecule has 0 aliphatic heterocycles. The van der Waals surface area contributed by atoms with Gasteiger partial charge in [0.25, 0.3) is 0 Å². The van der Waals surface area contributed by atoms with E-state index in [1.54, 1.807) is 24.6 Å². The van der Waals surface area contributed by atoms with Gasteiger partial charge in [-0.05, 0) is 0 Å². The number of unbranched alkanes of at least 4 members (excludes halogenated alkanes) is 8. The van der Waals surface area contributed by atoms with E-state index in [4.69, 9.17) is 5.11 Å². The number of hydrogen-bond acceptors (Lipinski definition) is 1. The third-order valence-corrected chi connectivity index (χ3v) is 11.0. The van der Waals surface area contributed by atoms with Crippen molar-refractivity contribution in [3.63, 3.8) is 0 Å². The van der Waals surface area contributed by atoms with Gasteiger partial charge in [0.2, 0.25) is 0 Å². The van der Waals surface area contributed by atoms with Crippen LogP contribution in [0.15, 0.2) is 0 Å². The summed E-state index contributed by atoms with van der Waals surface area (Å²) in [6, 6.07) is 0. The van der Waals surface area contributed by atoms with E-state index < -0.39 is 7.26 Å². The van der Waals surface area contributed by atoms with E-state index in [-0.39, 0.29) is 0 Å². The van der Waals surface area contributed by atoms with Gasteiger partial charge in [0.05, 0.1) is 0 Å². The van der Waals surface area contributed by atoms with Crippen LogP contribution in [0.5, 0.6) is 0 Å². The van der Waals surface area contributed by atoms with Crippen molar-refractivity contribution in [1.29, 1.82) is 0 Å². The summed E-state index contributed by atoms with van der Waals surface area (Å²) in [7, 11) is -0.974. The molecular formula is C20H45OP. The third-order valence-electron chi connectivity index (χ3n) is 5.30. The van der Waals surface area contributed by atoms with Crippen molar-refractivity contribution in [2.75, 3.05) is 31.3 Å². The van der Waals surface area contributed by atoms with Crippen LogP contribution in [0.2, 0.25) is 0 Å². The summed E-state index contributed by atoms with van der Waals surface area (Å²) in [5, 5.41) is 8.83. The van der Waals surface area contributed by atoms with Gasteiger partial charge in [-0.15, -0.1) is 0 Å². The number of aliphatic hydroxyl groups is 1. The molecule has 0 spiro atoms. The molecule has 22 heavy (non-hydrogen) atoms. The molecule has 0 bridgehead atoms. The zero-order chi connectivity index (χ0) is 16.5. The van der Waals surface area contributed by atoms with Crippen LogP contribution >= 0.6 is 7.26 Å². The van der Waals surface area contributed by atoms with Crippen LogP contribution in [0.1, 0.15) is 97.8 Å². The van der Waals surface area contributed by atoms with Crippen molar-refractivity contribution < 1.29 is 5.11 Å². The molecule has 0 atom stereocenters. The SMILES string of the molecule is CCCC[PH](CCCC)(CCCC)CCCCCCCCO. The Morgan fingerprint density at radius 3 is 1.27 bits per heavy atom. The Kier molecular flexibility index (Phi) is 16.5. The monoisotopic (exact) mass is 332 g/mol. The fraction of sp³-hybridized carbons (Fsp3) is 1.00. The summed E-state index contributed by atoms with van der Waals surface area (Å²) < 4.78 is 0. The normalized spacial score (nSPS) is 12.7. The maximum absolute atomic E-state index is 8.83. The number of rotatable bonds is 17. The maximum atomic E-state index is 8.83. The molecule has 0 aromatic heterocycles. The minimum atomic E-state index is -0.974. The first kappa shape index (κ1) is 22.4. The molecule has 0 amide bonds. The van der Waals surface area contributed by atoms with Gasteiger partial charge in [-0.1, -0.05) is 0 Å². The van der Waals surface area contributed by atoms with E-state index in [1.165, 1.54) is 70.6 Å². The molecule has 0 unspecified atom stereocenters. The van der Waals surface area contributed by atoms with Crippen LogP contribution in [0, 0.1) is 0 Å². The molecule has 0 fully saturated rings. The van der Waals surface area contributed by atoms with Crippen molar-refractivity contribution in [3.05, 3.63) is 0 Å². The Balaban J connectivity index is 4.21. The van der Waals surface area contributed by atoms with Crippen LogP contribution in [0.3, 0.4) is 0 Å². The summed E-state index contributed by atoms with van der Waals surface area (Å²) in [5.41, 5.74) is 0. The van der Waals surface area contributed by atoms with Crippen LogP contribution in [0.25, 0.3) is 0 Å². The second-order valence-corrected chi connectivity index (χ2v) is 12.4. The Hall–Kier alpha value is 0.390.